The number of aromatic nitrogens is 2. The number of likely N-dealkylation sites (N-methyl/N-ethyl adjacent to an activating group) is 1. The number of carbonyl (C=O) groups is 3. The number of pyridine rings is 1. The number of ether oxygens (including phenoxy) is 2. The molecule has 4 heterocycles. The molecule has 4 amide bonds. The lowest BCUT2D eigenvalue weighted by Gasteiger charge is -2.30. The first kappa shape index (κ1) is 35.9. The molecule has 14 nitrogen and oxygen atoms in total. The molecule has 2 saturated carbocycles. The van der Waals surface area contributed by atoms with Crippen LogP contribution in [-0.4, -0.2) is 95.7 Å². The Bertz CT molecular complexity index is 2150. The number of hydrogen-bond donors (Lipinski definition) is 2. The molecule has 1 saturated heterocycles. The fourth-order valence-electron chi connectivity index (χ4n) is 6.80. The fraction of sp³-hybridized carbons (Fsp3) is 0.486. The van der Waals surface area contributed by atoms with Gasteiger partial charge >= 0.3 is 6.03 Å². The smallest absolute Gasteiger partial charge is 0.319 e. The molecule has 0 spiro atoms. The van der Waals surface area contributed by atoms with Gasteiger partial charge in [-0.2, -0.15) is 5.26 Å². The highest BCUT2D eigenvalue weighted by Gasteiger charge is 2.63. The third-order valence-electron chi connectivity index (χ3n) is 10.4. The van der Waals surface area contributed by atoms with Crippen LogP contribution in [0.25, 0.3) is 21.6 Å². The molecule has 3 fully saturated rings. The molecule has 2 aromatic heterocycles. The minimum atomic E-state index is -3.96. The first-order chi connectivity index (χ1) is 24.8. The summed E-state index contributed by atoms with van der Waals surface area (Å²) in [6, 6.07) is 5.56. The summed E-state index contributed by atoms with van der Waals surface area (Å²) >= 11 is 7.96. The number of halogens is 1. The molecule has 0 unspecified atom stereocenters. The largest absolute Gasteiger partial charge is 0.495 e. The predicted molar refractivity (Wildman–Crippen MR) is 193 cm³/mol. The van der Waals surface area contributed by atoms with E-state index < -0.39 is 50.3 Å². The van der Waals surface area contributed by atoms with E-state index in [4.69, 9.17) is 26.1 Å². The van der Waals surface area contributed by atoms with Crippen molar-refractivity contribution in [2.45, 2.75) is 74.3 Å². The first-order valence-corrected chi connectivity index (χ1v) is 19.8. The van der Waals surface area contributed by atoms with Gasteiger partial charge in [-0.05, 0) is 57.6 Å². The zero-order valence-corrected chi connectivity index (χ0v) is 31.2. The topological polar surface area (TPSA) is 184 Å². The number of thiazole rings is 1. The van der Waals surface area contributed by atoms with E-state index in [0.29, 0.717) is 58.9 Å². The van der Waals surface area contributed by atoms with Crippen LogP contribution in [-0.2, 0) is 19.6 Å². The van der Waals surface area contributed by atoms with Gasteiger partial charge in [0.2, 0.25) is 15.9 Å². The molecule has 2 N–H and O–H groups in total. The Labute approximate surface area is 310 Å². The van der Waals surface area contributed by atoms with Gasteiger partial charge in [0.25, 0.3) is 5.91 Å². The average Bonchev–Trinajstić information content (AvgIpc) is 3.90. The summed E-state index contributed by atoms with van der Waals surface area (Å²) < 4.78 is 39.4. The number of allylic oxidation sites excluding steroid dienone is 1. The molecule has 274 valence electrons. The summed E-state index contributed by atoms with van der Waals surface area (Å²) in [7, 11) is -0.772. The van der Waals surface area contributed by atoms with Gasteiger partial charge in [-0.25, -0.2) is 23.2 Å². The van der Waals surface area contributed by atoms with Crippen LogP contribution in [0.15, 0.2) is 35.7 Å². The molecule has 4 aliphatic rings. The number of carbonyl (C=O) groups excluding carboxylic acids is 3. The Balaban J connectivity index is 1.21. The lowest BCUT2D eigenvalue weighted by Crippen LogP contribution is -2.58. The predicted octanol–water partition coefficient (Wildman–Crippen LogP) is 4.38. The van der Waals surface area contributed by atoms with Gasteiger partial charge in [0.15, 0.2) is 5.69 Å². The Kier molecular flexibility index (Phi) is 9.33. The summed E-state index contributed by atoms with van der Waals surface area (Å²) in [4.78, 5) is 53.9. The van der Waals surface area contributed by atoms with E-state index in [1.54, 1.807) is 42.5 Å². The van der Waals surface area contributed by atoms with Crippen LogP contribution in [0.5, 0.6) is 11.5 Å². The van der Waals surface area contributed by atoms with Crippen LogP contribution < -0.4 is 19.5 Å². The van der Waals surface area contributed by atoms with Gasteiger partial charge in [-0.15, -0.1) is 11.3 Å². The standard InChI is InChI=1S/C35H38ClN7O7S2/c1-34(11-12-34)52(47,48)41-32(45)35-16-20(35)8-6-4-5-7-13-42(2)31(44)25-14-22(18-43(25)33(46)40-35)50-27-15-24(30-38-21(17-37)19-51-30)39-29-23(27)9-10-26(49-3)28(29)36/h6,8-10,15,19-20,22,25H,4-5,7,11-14,16,18H2,1-3H3,(H,40,46)(H,41,45)/b8-6+/t20-,22+,25+,35-/m1/s1. The summed E-state index contributed by atoms with van der Waals surface area (Å²) in [5.74, 6) is -0.702. The number of rotatable bonds is 7. The number of benzene rings is 1. The molecule has 2 aliphatic heterocycles. The fourth-order valence-corrected chi connectivity index (χ4v) is 9.10. The third kappa shape index (κ3) is 6.54. The number of fused-ring (bicyclic) bond motifs is 3. The van der Waals surface area contributed by atoms with E-state index in [9.17, 15) is 28.1 Å². The molecular weight excluding hydrogens is 730 g/mol. The minimum Gasteiger partial charge on any atom is -0.495 e. The van der Waals surface area contributed by atoms with Crippen molar-refractivity contribution < 1.29 is 32.3 Å². The van der Waals surface area contributed by atoms with E-state index in [1.807, 2.05) is 18.2 Å². The van der Waals surface area contributed by atoms with Crippen LogP contribution in [0.1, 0.15) is 57.6 Å². The van der Waals surface area contributed by atoms with E-state index >= 15 is 0 Å². The van der Waals surface area contributed by atoms with Crippen LogP contribution in [0.4, 0.5) is 4.79 Å². The molecule has 7 rings (SSSR count). The highest BCUT2D eigenvalue weighted by molar-refractivity contribution is 7.91. The van der Waals surface area contributed by atoms with Crippen molar-refractivity contribution in [3.05, 3.63) is 46.4 Å². The van der Waals surface area contributed by atoms with Crippen molar-refractivity contribution in [2.24, 2.45) is 5.92 Å². The quantitative estimate of drug-likeness (QED) is 0.327. The van der Waals surface area contributed by atoms with Gasteiger partial charge in [-0.1, -0.05) is 23.8 Å². The molecule has 3 aromatic rings. The van der Waals surface area contributed by atoms with E-state index in [1.165, 1.54) is 23.3 Å². The minimum absolute atomic E-state index is 0.0104. The summed E-state index contributed by atoms with van der Waals surface area (Å²) in [5.41, 5.74) is -0.469. The number of nitrogens with zero attached hydrogens (tertiary/aromatic N) is 5. The summed E-state index contributed by atoms with van der Waals surface area (Å²) in [5, 5.41) is 15.1. The van der Waals surface area contributed by atoms with E-state index in [0.717, 1.165) is 12.8 Å². The molecule has 17 heteroatoms. The number of nitrogens with one attached hydrogen (secondary N) is 2. The molecule has 2 aliphatic carbocycles. The molecule has 52 heavy (non-hydrogen) atoms. The molecule has 4 atom stereocenters. The monoisotopic (exact) mass is 767 g/mol. The number of hydrogen-bond acceptors (Lipinski definition) is 11. The van der Waals surface area contributed by atoms with Crippen LogP contribution in [0, 0.1) is 17.2 Å². The maximum Gasteiger partial charge on any atom is 0.319 e. The molecule has 0 bridgehead atoms. The SMILES string of the molecule is COc1ccc2c(O[C@H]3C[C@H]4C(=O)N(C)CCCC/C=C/[C@@H]5C[C@@]5(C(=O)NS(=O)(=O)C5(C)CC5)NC(=O)N4C3)cc(-c3nc(C#N)cs3)nc2c1Cl. The highest BCUT2D eigenvalue weighted by atomic mass is 35.5. The lowest BCUT2D eigenvalue weighted by molar-refractivity contribution is -0.134. The maximum atomic E-state index is 14.2. The Hall–Kier alpha value is -4.46. The maximum absolute atomic E-state index is 14.2. The Morgan fingerprint density at radius 2 is 2.00 bits per heavy atom. The number of sulfonamides is 1. The van der Waals surface area contributed by atoms with Gasteiger partial charge < -0.3 is 24.6 Å². The zero-order valence-electron chi connectivity index (χ0n) is 28.8. The van der Waals surface area contributed by atoms with Crippen molar-refractivity contribution in [1.82, 2.24) is 29.8 Å². The zero-order chi connectivity index (χ0) is 37.0. The van der Waals surface area contributed by atoms with Crippen molar-refractivity contribution >= 4 is 61.7 Å². The average molecular weight is 768 g/mol. The second kappa shape index (κ2) is 13.5. The van der Waals surface area contributed by atoms with Crippen LogP contribution in [0.2, 0.25) is 5.02 Å². The summed E-state index contributed by atoms with van der Waals surface area (Å²) in [6.45, 7) is 2.07. The molecule has 0 radical (unpaired) electrons. The van der Waals surface area contributed by atoms with Gasteiger partial charge in [0.05, 0.1) is 23.9 Å². The normalized spacial score (nSPS) is 26.3. The lowest BCUT2D eigenvalue weighted by atomic mass is 10.1. The van der Waals surface area contributed by atoms with Crippen molar-refractivity contribution in [3.8, 4) is 28.3 Å². The van der Waals surface area contributed by atoms with Gasteiger partial charge in [0, 0.05) is 42.8 Å². The Morgan fingerprint density at radius 1 is 1.21 bits per heavy atom. The van der Waals surface area contributed by atoms with Crippen molar-refractivity contribution in [2.75, 3.05) is 27.2 Å². The third-order valence-corrected chi connectivity index (χ3v) is 13.8. The number of methoxy groups -OCH3 is 1. The van der Waals surface area contributed by atoms with Crippen molar-refractivity contribution in [3.63, 3.8) is 0 Å². The Morgan fingerprint density at radius 3 is 2.71 bits per heavy atom. The second-order valence-corrected chi connectivity index (χ2v) is 17.5. The molecule has 1 aromatic carbocycles. The van der Waals surface area contributed by atoms with E-state index in [-0.39, 0.29) is 36.0 Å². The van der Waals surface area contributed by atoms with E-state index in [2.05, 4.69) is 15.0 Å². The first-order valence-electron chi connectivity index (χ1n) is 17.1. The summed E-state index contributed by atoms with van der Waals surface area (Å²) in [6.07, 6.45) is 6.65. The molecular formula is C35H38ClN7O7S2. The van der Waals surface area contributed by atoms with Crippen LogP contribution >= 0.6 is 22.9 Å². The number of amides is 4. The number of urea groups is 1. The highest BCUT2D eigenvalue weighted by Crippen LogP contribution is 2.48. The second-order valence-electron chi connectivity index (χ2n) is 14.1. The van der Waals surface area contributed by atoms with Crippen LogP contribution in [0.3, 0.4) is 0 Å². The van der Waals surface area contributed by atoms with Gasteiger partial charge in [-0.3, -0.25) is 14.3 Å². The van der Waals surface area contributed by atoms with Crippen molar-refractivity contribution in [1.29, 1.82) is 5.26 Å². The number of nitriles is 1. The van der Waals surface area contributed by atoms with Gasteiger partial charge in [0.1, 0.15) is 51.0 Å².